The second kappa shape index (κ2) is 10.8. The molecular formula is C20H23Cl2IN6. The van der Waals surface area contributed by atoms with Crippen molar-refractivity contribution < 1.29 is 0 Å². The number of aliphatic imine (C=N–C) groups is 1. The molecule has 9 heteroatoms. The summed E-state index contributed by atoms with van der Waals surface area (Å²) in [7, 11) is 1.73. The van der Waals surface area contributed by atoms with Gasteiger partial charge in [-0.1, -0.05) is 35.3 Å². The topological polar surface area (TPSA) is 67.1 Å². The van der Waals surface area contributed by atoms with Crippen molar-refractivity contribution in [2.24, 2.45) is 4.99 Å². The zero-order valence-corrected chi connectivity index (χ0v) is 20.2. The highest BCUT2D eigenvalue weighted by atomic mass is 127. The Balaban J connectivity index is 0.00000300. The van der Waals surface area contributed by atoms with Gasteiger partial charge in [-0.2, -0.15) is 0 Å². The van der Waals surface area contributed by atoms with E-state index in [1.54, 1.807) is 19.3 Å². The molecular weight excluding hydrogens is 522 g/mol. The lowest BCUT2D eigenvalue weighted by Crippen LogP contribution is -2.38. The molecule has 0 amide bonds. The summed E-state index contributed by atoms with van der Waals surface area (Å²) >= 11 is 12.3. The van der Waals surface area contributed by atoms with E-state index in [9.17, 15) is 0 Å². The lowest BCUT2D eigenvalue weighted by Gasteiger charge is -2.19. The number of halogens is 3. The van der Waals surface area contributed by atoms with Gasteiger partial charge in [-0.25, -0.2) is 9.97 Å². The monoisotopic (exact) mass is 544 g/mol. The van der Waals surface area contributed by atoms with Gasteiger partial charge in [0.25, 0.3) is 0 Å². The largest absolute Gasteiger partial charge is 0.352 e. The van der Waals surface area contributed by atoms with Gasteiger partial charge in [0, 0.05) is 42.2 Å². The van der Waals surface area contributed by atoms with E-state index < -0.39 is 0 Å². The molecule has 0 spiro atoms. The summed E-state index contributed by atoms with van der Waals surface area (Å²) in [6.45, 7) is 4.56. The average molecular weight is 545 g/mol. The fraction of sp³-hybridized carbons (Fsp3) is 0.250. The molecule has 3 rings (SSSR count). The number of nitrogens with one attached hydrogen (secondary N) is 2. The van der Waals surface area contributed by atoms with Crippen LogP contribution in [0.15, 0.2) is 53.9 Å². The van der Waals surface area contributed by atoms with Crippen LogP contribution in [0.3, 0.4) is 0 Å². The SMILES string of the molecule is CN=C(NCc1ccc(-n2ccnc2C)nc1)NC(C)c1ccc(Cl)cc1Cl.I. The van der Waals surface area contributed by atoms with Crippen LogP contribution in [0.5, 0.6) is 0 Å². The van der Waals surface area contributed by atoms with E-state index >= 15 is 0 Å². The first-order chi connectivity index (χ1) is 13.5. The van der Waals surface area contributed by atoms with Gasteiger partial charge in [0.2, 0.25) is 0 Å². The van der Waals surface area contributed by atoms with E-state index in [-0.39, 0.29) is 30.0 Å². The van der Waals surface area contributed by atoms with Crippen LogP contribution in [0.2, 0.25) is 10.0 Å². The number of pyridine rings is 1. The molecule has 3 aromatic rings. The van der Waals surface area contributed by atoms with Crippen LogP contribution in [-0.4, -0.2) is 27.5 Å². The third-order valence-electron chi connectivity index (χ3n) is 4.35. The maximum absolute atomic E-state index is 6.29. The van der Waals surface area contributed by atoms with Gasteiger partial charge in [0.05, 0.1) is 6.04 Å². The lowest BCUT2D eigenvalue weighted by atomic mass is 10.1. The van der Waals surface area contributed by atoms with Crippen molar-refractivity contribution in [1.82, 2.24) is 25.2 Å². The van der Waals surface area contributed by atoms with Gasteiger partial charge in [-0.15, -0.1) is 24.0 Å². The molecule has 0 saturated carbocycles. The van der Waals surface area contributed by atoms with Crippen molar-refractivity contribution in [3.05, 3.63) is 75.9 Å². The number of rotatable bonds is 5. The molecule has 1 aromatic carbocycles. The van der Waals surface area contributed by atoms with E-state index in [2.05, 4.69) is 25.6 Å². The summed E-state index contributed by atoms with van der Waals surface area (Å²) in [5.74, 6) is 2.41. The standard InChI is InChI=1S/C20H22Cl2N6.HI/c1-13(17-6-5-16(21)10-18(17)22)27-20(23-3)26-12-15-4-7-19(25-11-15)28-9-8-24-14(28)2;/h4-11,13H,12H2,1-3H3,(H2,23,26,27);1H. The summed E-state index contributed by atoms with van der Waals surface area (Å²) < 4.78 is 1.94. The average Bonchev–Trinajstić information content (AvgIpc) is 3.11. The Kier molecular flexibility index (Phi) is 8.73. The first-order valence-electron chi connectivity index (χ1n) is 8.85. The van der Waals surface area contributed by atoms with Gasteiger partial charge < -0.3 is 10.6 Å². The zero-order valence-electron chi connectivity index (χ0n) is 16.4. The first-order valence-corrected chi connectivity index (χ1v) is 9.61. The third kappa shape index (κ3) is 6.07. The van der Waals surface area contributed by atoms with Crippen molar-refractivity contribution in [1.29, 1.82) is 0 Å². The molecule has 0 aliphatic carbocycles. The van der Waals surface area contributed by atoms with Gasteiger partial charge in [0.1, 0.15) is 11.6 Å². The molecule has 1 atom stereocenters. The molecule has 2 aromatic heterocycles. The van der Waals surface area contributed by atoms with Crippen molar-refractivity contribution in [2.45, 2.75) is 26.4 Å². The van der Waals surface area contributed by atoms with Crippen molar-refractivity contribution in [3.63, 3.8) is 0 Å². The van der Waals surface area contributed by atoms with Crippen LogP contribution in [0.4, 0.5) is 0 Å². The van der Waals surface area contributed by atoms with Crippen LogP contribution in [0, 0.1) is 6.92 Å². The van der Waals surface area contributed by atoms with Gasteiger partial charge in [-0.05, 0) is 43.2 Å². The molecule has 2 N–H and O–H groups in total. The summed E-state index contributed by atoms with van der Waals surface area (Å²) in [5, 5.41) is 7.87. The normalized spacial score (nSPS) is 12.2. The number of hydrogen-bond donors (Lipinski definition) is 2. The Hall–Kier alpha value is -1.84. The zero-order chi connectivity index (χ0) is 20.1. The van der Waals surface area contributed by atoms with E-state index in [0.29, 0.717) is 22.5 Å². The number of aromatic nitrogens is 3. The Labute approximate surface area is 197 Å². The lowest BCUT2D eigenvalue weighted by molar-refractivity contribution is 0.685. The fourth-order valence-electron chi connectivity index (χ4n) is 2.80. The van der Waals surface area contributed by atoms with Crippen molar-refractivity contribution in [2.75, 3.05) is 7.05 Å². The minimum atomic E-state index is -0.0271. The summed E-state index contributed by atoms with van der Waals surface area (Å²) in [6.07, 6.45) is 5.50. The fourth-order valence-corrected chi connectivity index (χ4v) is 3.37. The molecule has 0 radical (unpaired) electrons. The van der Waals surface area contributed by atoms with Gasteiger partial charge >= 0.3 is 0 Å². The van der Waals surface area contributed by atoms with Gasteiger partial charge in [-0.3, -0.25) is 9.56 Å². The number of nitrogens with zero attached hydrogens (tertiary/aromatic N) is 4. The Morgan fingerprint density at radius 3 is 2.59 bits per heavy atom. The smallest absolute Gasteiger partial charge is 0.191 e. The number of aryl methyl sites for hydroxylation is 1. The van der Waals surface area contributed by atoms with E-state index in [1.807, 2.05) is 55.1 Å². The predicted molar refractivity (Wildman–Crippen MR) is 130 cm³/mol. The molecule has 1 unspecified atom stereocenters. The van der Waals surface area contributed by atoms with Gasteiger partial charge in [0.15, 0.2) is 5.96 Å². The van der Waals surface area contributed by atoms with Crippen LogP contribution in [0.25, 0.3) is 5.82 Å². The number of guanidine groups is 1. The molecule has 0 aliphatic rings. The van der Waals surface area contributed by atoms with Crippen LogP contribution in [-0.2, 0) is 6.54 Å². The van der Waals surface area contributed by atoms with E-state index in [4.69, 9.17) is 23.2 Å². The number of hydrogen-bond acceptors (Lipinski definition) is 3. The molecule has 2 heterocycles. The predicted octanol–water partition coefficient (Wildman–Crippen LogP) is 4.93. The van der Waals surface area contributed by atoms with E-state index in [0.717, 1.165) is 22.8 Å². The molecule has 154 valence electrons. The Morgan fingerprint density at radius 2 is 2.00 bits per heavy atom. The summed E-state index contributed by atoms with van der Waals surface area (Å²) in [6, 6.07) is 9.45. The Bertz CT molecular complexity index is 971. The summed E-state index contributed by atoms with van der Waals surface area (Å²) in [5.41, 5.74) is 2.00. The highest BCUT2D eigenvalue weighted by Crippen LogP contribution is 2.26. The second-order valence-corrected chi connectivity index (χ2v) is 7.17. The molecule has 6 nitrogen and oxygen atoms in total. The second-order valence-electron chi connectivity index (χ2n) is 6.33. The van der Waals surface area contributed by atoms with E-state index in [1.165, 1.54) is 0 Å². The van der Waals surface area contributed by atoms with Crippen molar-refractivity contribution >= 4 is 53.1 Å². The Morgan fingerprint density at radius 1 is 1.21 bits per heavy atom. The molecule has 0 bridgehead atoms. The summed E-state index contributed by atoms with van der Waals surface area (Å²) in [4.78, 5) is 13.0. The highest BCUT2D eigenvalue weighted by Gasteiger charge is 2.12. The quantitative estimate of drug-likeness (QED) is 0.271. The maximum atomic E-state index is 6.29. The highest BCUT2D eigenvalue weighted by molar-refractivity contribution is 14.0. The number of benzene rings is 1. The molecule has 29 heavy (non-hydrogen) atoms. The maximum Gasteiger partial charge on any atom is 0.191 e. The minimum Gasteiger partial charge on any atom is -0.352 e. The molecule has 0 saturated heterocycles. The van der Waals surface area contributed by atoms with Crippen LogP contribution in [0.1, 0.15) is 29.9 Å². The van der Waals surface area contributed by atoms with Crippen LogP contribution < -0.4 is 10.6 Å². The first kappa shape index (κ1) is 23.4. The molecule has 0 fully saturated rings. The van der Waals surface area contributed by atoms with Crippen LogP contribution >= 0.6 is 47.2 Å². The van der Waals surface area contributed by atoms with Crippen molar-refractivity contribution in [3.8, 4) is 5.82 Å². The third-order valence-corrected chi connectivity index (χ3v) is 4.91. The number of imidazole rings is 1. The molecule has 0 aliphatic heterocycles. The minimum absolute atomic E-state index is 0.